The van der Waals surface area contributed by atoms with E-state index in [1.54, 1.807) is 12.1 Å². The summed E-state index contributed by atoms with van der Waals surface area (Å²) in [6.07, 6.45) is 1.57. The first kappa shape index (κ1) is 41.3. The molecule has 0 saturated carbocycles. The third kappa shape index (κ3) is 12.3. The molecule has 0 fully saturated rings. The number of benzene rings is 2. The van der Waals surface area contributed by atoms with Gasteiger partial charge in [-0.15, -0.1) is 0 Å². The van der Waals surface area contributed by atoms with E-state index >= 15 is 0 Å². The maximum Gasteiger partial charge on any atom is 0.320 e. The van der Waals surface area contributed by atoms with E-state index in [0.717, 1.165) is 53.5 Å². The minimum absolute atomic E-state index is 0.137. The molecule has 3 rings (SSSR count). The summed E-state index contributed by atoms with van der Waals surface area (Å²) in [6.45, 7) is 15.5. The molecule has 10 nitrogen and oxygen atoms in total. The van der Waals surface area contributed by atoms with Crippen LogP contribution in [-0.2, 0) is 45.0 Å². The number of halogens is 1. The largest absolute Gasteiger partial charge is 0.486 e. The predicted octanol–water partition coefficient (Wildman–Crippen LogP) is 7.13. The van der Waals surface area contributed by atoms with Gasteiger partial charge in [-0.2, -0.15) is 4.31 Å². The third-order valence-electron chi connectivity index (χ3n) is 8.64. The molecular formula is C35H54BrNO9SSi2. The average molecular weight is 801 g/mol. The topological polar surface area (TPSA) is 118 Å². The molecule has 1 aliphatic rings. The molecule has 2 atom stereocenters. The lowest BCUT2D eigenvalue weighted by Crippen LogP contribution is -2.42. The van der Waals surface area contributed by atoms with E-state index in [1.807, 2.05) is 25.1 Å². The summed E-state index contributed by atoms with van der Waals surface area (Å²) in [5, 5.41) is 0. The van der Waals surface area contributed by atoms with Crippen LogP contribution in [0.1, 0.15) is 40.7 Å². The molecular weight excluding hydrogens is 747 g/mol. The fourth-order valence-corrected chi connectivity index (χ4v) is 9.26. The summed E-state index contributed by atoms with van der Waals surface area (Å²) in [5.74, 6) is -4.41. The molecule has 0 saturated heterocycles. The fourth-order valence-electron chi connectivity index (χ4n) is 5.66. The Balaban J connectivity index is 1.95. The molecule has 0 amide bonds. The number of fused-ring (bicyclic) bond motifs is 1. The second kappa shape index (κ2) is 17.9. The first-order valence-electron chi connectivity index (χ1n) is 16.7. The summed E-state index contributed by atoms with van der Waals surface area (Å²) < 4.78 is 58.9. The van der Waals surface area contributed by atoms with E-state index < -0.39 is 55.7 Å². The molecule has 49 heavy (non-hydrogen) atoms. The number of methoxy groups -OCH3 is 2. The van der Waals surface area contributed by atoms with Gasteiger partial charge in [0, 0.05) is 39.8 Å². The Kier molecular flexibility index (Phi) is 15.1. The number of esters is 2. The van der Waals surface area contributed by atoms with Crippen LogP contribution in [0, 0.1) is 12.8 Å². The average Bonchev–Trinajstić information content (AvgIpc) is 3.42. The Labute approximate surface area is 303 Å². The van der Waals surface area contributed by atoms with Crippen LogP contribution < -0.4 is 4.74 Å². The van der Waals surface area contributed by atoms with Crippen LogP contribution in [-0.4, -0.2) is 87.5 Å². The van der Waals surface area contributed by atoms with Crippen molar-refractivity contribution in [2.24, 2.45) is 5.92 Å². The van der Waals surface area contributed by atoms with Crippen LogP contribution in [0.4, 0.5) is 0 Å². The summed E-state index contributed by atoms with van der Waals surface area (Å²) in [4.78, 5) is 26.3. The lowest BCUT2D eigenvalue weighted by molar-refractivity contribution is -0.159. The van der Waals surface area contributed by atoms with Gasteiger partial charge in [0.1, 0.15) is 25.3 Å². The Hall–Kier alpha value is -2.08. The van der Waals surface area contributed by atoms with Gasteiger partial charge in [-0.3, -0.25) is 9.59 Å². The van der Waals surface area contributed by atoms with Crippen molar-refractivity contribution in [1.82, 2.24) is 4.31 Å². The van der Waals surface area contributed by atoms with Crippen molar-refractivity contribution in [3.05, 3.63) is 63.1 Å². The van der Waals surface area contributed by atoms with Crippen molar-refractivity contribution in [2.75, 3.05) is 46.6 Å². The minimum Gasteiger partial charge on any atom is -0.486 e. The van der Waals surface area contributed by atoms with Gasteiger partial charge in [0.25, 0.3) is 0 Å². The zero-order valence-electron chi connectivity index (χ0n) is 30.5. The second-order valence-corrected chi connectivity index (χ2v) is 29.1. The highest BCUT2D eigenvalue weighted by molar-refractivity contribution is 9.10. The number of aryl methyl sites for hydroxylation is 1. The Morgan fingerprint density at radius 3 is 2.00 bits per heavy atom. The number of rotatable bonds is 19. The molecule has 0 N–H and O–H groups in total. The van der Waals surface area contributed by atoms with Crippen molar-refractivity contribution in [2.45, 2.75) is 83.2 Å². The van der Waals surface area contributed by atoms with Crippen LogP contribution in [0.5, 0.6) is 5.75 Å². The summed E-state index contributed by atoms with van der Waals surface area (Å²) in [5.41, 5.74) is 3.50. The predicted molar refractivity (Wildman–Crippen MR) is 201 cm³/mol. The number of ether oxygens (including phenoxy) is 5. The highest BCUT2D eigenvalue weighted by Crippen LogP contribution is 2.40. The van der Waals surface area contributed by atoms with E-state index in [0.29, 0.717) is 30.1 Å². The fraction of sp³-hybridized carbons (Fsp3) is 0.600. The summed E-state index contributed by atoms with van der Waals surface area (Å²) in [7, 11) is -4.68. The molecule has 1 unspecified atom stereocenters. The summed E-state index contributed by atoms with van der Waals surface area (Å²) in [6, 6.07) is 13.1. The SMILES string of the molecule is COC(=O)C(C(=O)OC)C(CS(=O)(=O)N(COCC[Si](C)(C)C)COCC[Si](C)(C)C)c1ccc(O[C@@H]2CCc3c(Br)cccc32)cc1C. The molecule has 274 valence electrons. The van der Waals surface area contributed by atoms with E-state index in [9.17, 15) is 18.0 Å². The van der Waals surface area contributed by atoms with Crippen molar-refractivity contribution in [3.63, 3.8) is 0 Å². The molecule has 1 aliphatic carbocycles. The molecule has 0 bridgehead atoms. The zero-order valence-corrected chi connectivity index (χ0v) is 34.9. The lowest BCUT2D eigenvalue weighted by atomic mass is 9.85. The maximum atomic E-state index is 14.2. The second-order valence-electron chi connectivity index (χ2n) is 15.0. The Morgan fingerprint density at radius 1 is 0.918 bits per heavy atom. The van der Waals surface area contributed by atoms with Gasteiger partial charge in [0.15, 0.2) is 5.92 Å². The number of hydrogen-bond donors (Lipinski definition) is 0. The first-order chi connectivity index (χ1) is 22.9. The number of carbonyl (C=O) groups excluding carboxylic acids is 2. The van der Waals surface area contributed by atoms with Gasteiger partial charge in [0.05, 0.1) is 20.0 Å². The highest BCUT2D eigenvalue weighted by atomic mass is 79.9. The Bertz CT molecular complexity index is 1500. The van der Waals surface area contributed by atoms with Gasteiger partial charge < -0.3 is 23.7 Å². The van der Waals surface area contributed by atoms with E-state index in [1.165, 1.54) is 5.56 Å². The van der Waals surface area contributed by atoms with Crippen LogP contribution in [0.2, 0.25) is 51.4 Å². The van der Waals surface area contributed by atoms with E-state index in [-0.39, 0.29) is 19.6 Å². The molecule has 2 aromatic rings. The normalized spacial score (nSPS) is 15.7. The molecule has 0 heterocycles. The van der Waals surface area contributed by atoms with Gasteiger partial charge in [-0.05, 0) is 72.3 Å². The Morgan fingerprint density at radius 2 is 1.49 bits per heavy atom. The number of hydrogen-bond acceptors (Lipinski definition) is 9. The van der Waals surface area contributed by atoms with Crippen molar-refractivity contribution >= 4 is 54.0 Å². The maximum absolute atomic E-state index is 14.2. The standard InChI is InChI=1S/C35H54BrNO9SSi2/c1-25-21-26(46-32-16-15-28-29(32)11-10-12-31(28)36)13-14-27(25)30(33(34(38)42-2)35(39)43-3)22-47(40,41)37(23-44-17-19-48(4,5)6)24-45-18-20-49(7,8)9/h10-14,21,30,32-33H,15-20,22-24H2,1-9H3/t30?,32-/m1/s1. The molecule has 0 spiro atoms. The van der Waals surface area contributed by atoms with E-state index in [2.05, 4.69) is 61.3 Å². The summed E-state index contributed by atoms with van der Waals surface area (Å²) >= 11 is 3.63. The van der Waals surface area contributed by atoms with Crippen LogP contribution >= 0.6 is 15.9 Å². The van der Waals surface area contributed by atoms with Gasteiger partial charge in [0.2, 0.25) is 10.0 Å². The number of nitrogens with zero attached hydrogens (tertiary/aromatic N) is 1. The number of sulfonamides is 1. The zero-order chi connectivity index (χ0) is 36.6. The monoisotopic (exact) mass is 799 g/mol. The minimum atomic E-state index is -4.16. The van der Waals surface area contributed by atoms with Crippen LogP contribution in [0.3, 0.4) is 0 Å². The first-order valence-corrected chi connectivity index (χ1v) is 26.5. The van der Waals surface area contributed by atoms with Gasteiger partial charge in [-0.25, -0.2) is 8.42 Å². The van der Waals surface area contributed by atoms with Crippen LogP contribution in [0.25, 0.3) is 0 Å². The molecule has 0 aliphatic heterocycles. The highest BCUT2D eigenvalue weighted by Gasteiger charge is 2.42. The molecule has 2 aromatic carbocycles. The van der Waals surface area contributed by atoms with E-state index in [4.69, 9.17) is 23.7 Å². The molecule has 0 radical (unpaired) electrons. The molecule has 0 aromatic heterocycles. The molecule has 14 heteroatoms. The van der Waals surface area contributed by atoms with Crippen molar-refractivity contribution < 1.29 is 41.7 Å². The smallest absolute Gasteiger partial charge is 0.320 e. The van der Waals surface area contributed by atoms with Crippen molar-refractivity contribution in [3.8, 4) is 5.75 Å². The number of carbonyl (C=O) groups is 2. The quantitative estimate of drug-likeness (QED) is 0.0481. The third-order valence-corrected chi connectivity index (χ3v) is 14.6. The van der Waals surface area contributed by atoms with Crippen LogP contribution in [0.15, 0.2) is 40.9 Å². The lowest BCUT2D eigenvalue weighted by Gasteiger charge is -2.29. The van der Waals surface area contributed by atoms with Crippen molar-refractivity contribution in [1.29, 1.82) is 0 Å². The van der Waals surface area contributed by atoms with Gasteiger partial charge >= 0.3 is 11.9 Å². The van der Waals surface area contributed by atoms with Gasteiger partial charge in [-0.1, -0.05) is 73.4 Å².